The summed E-state index contributed by atoms with van der Waals surface area (Å²) in [7, 11) is 0. The first-order chi connectivity index (χ1) is 9.79. The lowest BCUT2D eigenvalue weighted by Crippen LogP contribution is -2.22. The summed E-state index contributed by atoms with van der Waals surface area (Å²) in [4.78, 5) is 5.55. The highest BCUT2D eigenvalue weighted by Crippen LogP contribution is 2.29. The van der Waals surface area contributed by atoms with E-state index < -0.39 is 0 Å². The van der Waals surface area contributed by atoms with Gasteiger partial charge in [0.05, 0.1) is 17.9 Å². The maximum absolute atomic E-state index is 4.40. The van der Waals surface area contributed by atoms with Crippen molar-refractivity contribution in [1.29, 1.82) is 0 Å². The van der Waals surface area contributed by atoms with Gasteiger partial charge in [0.25, 0.3) is 0 Å². The second-order valence-electron chi connectivity index (χ2n) is 4.51. The van der Waals surface area contributed by atoms with Crippen molar-refractivity contribution in [2.24, 2.45) is 0 Å². The normalized spacial score (nSPS) is 12.9. The molecule has 3 aromatic heterocycles. The van der Waals surface area contributed by atoms with Crippen LogP contribution in [0.5, 0.6) is 0 Å². The van der Waals surface area contributed by atoms with Gasteiger partial charge in [-0.2, -0.15) is 5.10 Å². The molecule has 0 bridgehead atoms. The highest BCUT2D eigenvalue weighted by molar-refractivity contribution is 9.10. The van der Waals surface area contributed by atoms with Crippen molar-refractivity contribution in [1.82, 2.24) is 19.9 Å². The summed E-state index contributed by atoms with van der Waals surface area (Å²) in [6.45, 7) is 3.05. The third kappa shape index (κ3) is 2.63. The summed E-state index contributed by atoms with van der Waals surface area (Å²) in [5.74, 6) is 0. The third-order valence-electron chi connectivity index (χ3n) is 3.26. The van der Waals surface area contributed by atoms with E-state index in [9.17, 15) is 0 Å². The number of thiophene rings is 1. The van der Waals surface area contributed by atoms with Gasteiger partial charge in [-0.1, -0.05) is 6.92 Å². The van der Waals surface area contributed by atoms with Crippen LogP contribution in [-0.4, -0.2) is 21.1 Å². The van der Waals surface area contributed by atoms with Gasteiger partial charge in [-0.05, 0) is 33.9 Å². The zero-order valence-corrected chi connectivity index (χ0v) is 13.5. The first-order valence-electron chi connectivity index (χ1n) is 6.52. The van der Waals surface area contributed by atoms with E-state index in [4.69, 9.17) is 0 Å². The third-order valence-corrected chi connectivity index (χ3v) is 5.21. The molecule has 1 N–H and O–H groups in total. The number of likely N-dealkylation sites (N-methyl/N-ethyl adjacent to an activating group) is 1. The van der Waals surface area contributed by atoms with Gasteiger partial charge >= 0.3 is 0 Å². The molecule has 3 heterocycles. The Kier molecular flexibility index (Phi) is 4.14. The number of nitrogens with one attached hydrogen (secondary N) is 1. The maximum atomic E-state index is 4.40. The van der Waals surface area contributed by atoms with Crippen LogP contribution in [-0.2, 0) is 6.42 Å². The summed E-state index contributed by atoms with van der Waals surface area (Å²) in [6.07, 6.45) is 8.38. The van der Waals surface area contributed by atoms with Crippen molar-refractivity contribution in [3.05, 3.63) is 51.1 Å². The molecule has 4 nitrogen and oxygen atoms in total. The van der Waals surface area contributed by atoms with Crippen LogP contribution < -0.4 is 5.32 Å². The Hall–Kier alpha value is -1.24. The highest BCUT2D eigenvalue weighted by Gasteiger charge is 2.18. The summed E-state index contributed by atoms with van der Waals surface area (Å²) in [6, 6.07) is 2.34. The van der Waals surface area contributed by atoms with Gasteiger partial charge < -0.3 is 5.32 Å². The number of aromatic nitrogens is 3. The Labute approximate surface area is 130 Å². The second kappa shape index (κ2) is 6.03. The summed E-state index contributed by atoms with van der Waals surface area (Å²) in [5.41, 5.74) is 2.26. The lowest BCUT2D eigenvalue weighted by molar-refractivity contribution is 0.556. The van der Waals surface area contributed by atoms with Crippen LogP contribution in [0.2, 0.25) is 0 Å². The van der Waals surface area contributed by atoms with Crippen molar-refractivity contribution in [3.8, 4) is 0 Å². The number of fused-ring (bicyclic) bond motifs is 1. The molecule has 0 aliphatic carbocycles. The van der Waals surface area contributed by atoms with Gasteiger partial charge in [0, 0.05) is 39.8 Å². The van der Waals surface area contributed by atoms with Crippen LogP contribution in [0.1, 0.15) is 23.4 Å². The number of hydrogen-bond donors (Lipinski definition) is 1. The fraction of sp³-hybridized carbons (Fsp3) is 0.286. The summed E-state index contributed by atoms with van der Waals surface area (Å²) < 4.78 is 3.05. The molecule has 20 heavy (non-hydrogen) atoms. The molecule has 1 unspecified atom stereocenters. The molecule has 0 radical (unpaired) electrons. The van der Waals surface area contributed by atoms with Crippen LogP contribution in [0.3, 0.4) is 0 Å². The summed E-state index contributed by atoms with van der Waals surface area (Å²) >= 11 is 5.39. The van der Waals surface area contributed by atoms with Crippen LogP contribution in [0.25, 0.3) is 5.52 Å². The predicted molar refractivity (Wildman–Crippen MR) is 85.1 cm³/mol. The molecule has 0 spiro atoms. The van der Waals surface area contributed by atoms with Gasteiger partial charge in [-0.3, -0.25) is 4.98 Å². The SMILES string of the molecule is CCNC(Cc1sccc1Br)c1cnn2ccncc12. The van der Waals surface area contributed by atoms with E-state index in [0.717, 1.165) is 18.5 Å². The molecule has 0 aliphatic rings. The molecule has 1 atom stereocenters. The van der Waals surface area contributed by atoms with Crippen molar-refractivity contribution in [2.75, 3.05) is 6.54 Å². The van der Waals surface area contributed by atoms with Gasteiger partial charge in [0.15, 0.2) is 0 Å². The molecule has 0 amide bonds. The molecule has 104 valence electrons. The topological polar surface area (TPSA) is 42.2 Å². The van der Waals surface area contributed by atoms with E-state index in [2.05, 4.69) is 49.7 Å². The fourth-order valence-corrected chi connectivity index (χ4v) is 3.88. The van der Waals surface area contributed by atoms with Gasteiger partial charge in [-0.25, -0.2) is 4.52 Å². The molecule has 0 saturated carbocycles. The average molecular weight is 351 g/mol. The Morgan fingerprint density at radius 3 is 3.10 bits per heavy atom. The van der Waals surface area contributed by atoms with Crippen molar-refractivity contribution in [2.45, 2.75) is 19.4 Å². The van der Waals surface area contributed by atoms with Crippen LogP contribution >= 0.6 is 27.3 Å². The molecule has 6 heteroatoms. The Bertz CT molecular complexity index is 706. The molecule has 0 fully saturated rings. The standard InChI is InChI=1S/C14H15BrN4S/c1-2-17-12(7-14-11(15)3-6-20-14)10-8-18-19-5-4-16-9-13(10)19/h3-6,8-9,12,17H,2,7H2,1H3. The Morgan fingerprint density at radius 2 is 2.35 bits per heavy atom. The fourth-order valence-electron chi connectivity index (χ4n) is 2.32. The monoisotopic (exact) mass is 350 g/mol. The molecular formula is C14H15BrN4S. The van der Waals surface area contributed by atoms with Crippen LogP contribution in [0, 0.1) is 0 Å². The van der Waals surface area contributed by atoms with Gasteiger partial charge in [-0.15, -0.1) is 11.3 Å². The van der Waals surface area contributed by atoms with E-state index in [0.29, 0.717) is 0 Å². The Balaban J connectivity index is 1.96. The zero-order chi connectivity index (χ0) is 13.9. The lowest BCUT2D eigenvalue weighted by atomic mass is 10.0. The number of halogens is 1. The van der Waals surface area contributed by atoms with Crippen LogP contribution in [0.15, 0.2) is 40.7 Å². The predicted octanol–water partition coefficient (Wildman–Crippen LogP) is 3.45. The molecule has 3 aromatic rings. The molecule has 0 aliphatic heterocycles. The minimum atomic E-state index is 0.247. The highest BCUT2D eigenvalue weighted by atomic mass is 79.9. The number of nitrogens with zero attached hydrogens (tertiary/aromatic N) is 3. The van der Waals surface area contributed by atoms with Crippen molar-refractivity contribution >= 4 is 32.8 Å². The van der Waals surface area contributed by atoms with Crippen molar-refractivity contribution in [3.63, 3.8) is 0 Å². The quantitative estimate of drug-likeness (QED) is 0.766. The van der Waals surface area contributed by atoms with E-state index >= 15 is 0 Å². The first kappa shape index (κ1) is 13.7. The maximum Gasteiger partial charge on any atom is 0.0892 e. The molecular weight excluding hydrogens is 336 g/mol. The van der Waals surface area contributed by atoms with E-state index in [1.54, 1.807) is 17.5 Å². The van der Waals surface area contributed by atoms with E-state index in [1.165, 1.54) is 14.9 Å². The lowest BCUT2D eigenvalue weighted by Gasteiger charge is -2.16. The zero-order valence-electron chi connectivity index (χ0n) is 11.1. The second-order valence-corrected chi connectivity index (χ2v) is 6.37. The average Bonchev–Trinajstić information content (AvgIpc) is 3.05. The minimum absolute atomic E-state index is 0.247. The molecule has 0 saturated heterocycles. The Morgan fingerprint density at radius 1 is 1.45 bits per heavy atom. The molecule has 0 aromatic carbocycles. The minimum Gasteiger partial charge on any atom is -0.310 e. The van der Waals surface area contributed by atoms with Crippen LogP contribution in [0.4, 0.5) is 0 Å². The van der Waals surface area contributed by atoms with E-state index in [1.807, 2.05) is 23.1 Å². The van der Waals surface area contributed by atoms with E-state index in [-0.39, 0.29) is 6.04 Å². The van der Waals surface area contributed by atoms with Crippen molar-refractivity contribution < 1.29 is 0 Å². The van der Waals surface area contributed by atoms with Gasteiger partial charge in [0.1, 0.15) is 0 Å². The smallest absolute Gasteiger partial charge is 0.0892 e. The molecule has 3 rings (SSSR count). The number of rotatable bonds is 5. The van der Waals surface area contributed by atoms with Gasteiger partial charge in [0.2, 0.25) is 0 Å². The number of hydrogen-bond acceptors (Lipinski definition) is 4. The summed E-state index contributed by atoms with van der Waals surface area (Å²) in [5, 5.41) is 10.1. The first-order valence-corrected chi connectivity index (χ1v) is 8.19. The largest absolute Gasteiger partial charge is 0.310 e.